The lowest BCUT2D eigenvalue weighted by atomic mass is 10.0. The zero-order chi connectivity index (χ0) is 21.0. The fourth-order valence-electron chi connectivity index (χ4n) is 2.73. The minimum absolute atomic E-state index is 0.0867. The van der Waals surface area contributed by atoms with Crippen LogP contribution in [0.25, 0.3) is 11.5 Å². The summed E-state index contributed by atoms with van der Waals surface area (Å²) < 4.78 is 5.76. The van der Waals surface area contributed by atoms with Crippen LogP contribution in [0.1, 0.15) is 35.0 Å². The number of halogens is 1. The standard InChI is InChI=1S/C21H22ClN3O3S/c1-12(2)19(25-20(26)14-4-6-15(22)7-5-14)21(27)23-10-16-8-9-18(28-16)17-11-29-13(3)24-17/h4-9,11-12,19H,10H2,1-3H3,(H,23,27)(H,25,26)/t19-/m0/s1. The number of thiazole rings is 1. The Kier molecular flexibility index (Phi) is 6.71. The molecule has 0 bridgehead atoms. The normalized spacial score (nSPS) is 12.0. The maximum Gasteiger partial charge on any atom is 0.251 e. The quantitative estimate of drug-likeness (QED) is 0.579. The maximum absolute atomic E-state index is 12.7. The van der Waals surface area contributed by atoms with Gasteiger partial charge in [0.15, 0.2) is 5.76 Å². The fourth-order valence-corrected chi connectivity index (χ4v) is 3.46. The first-order valence-corrected chi connectivity index (χ1v) is 10.4. The minimum Gasteiger partial charge on any atom is -0.458 e. The molecule has 2 heterocycles. The number of carbonyl (C=O) groups excluding carboxylic acids is 2. The summed E-state index contributed by atoms with van der Waals surface area (Å²) in [7, 11) is 0. The molecule has 0 saturated carbocycles. The van der Waals surface area contributed by atoms with Crippen LogP contribution in [0, 0.1) is 12.8 Å². The van der Waals surface area contributed by atoms with Crippen molar-refractivity contribution in [1.29, 1.82) is 0 Å². The summed E-state index contributed by atoms with van der Waals surface area (Å²) in [6.07, 6.45) is 0. The molecule has 0 aliphatic heterocycles. The van der Waals surface area contributed by atoms with Crippen molar-refractivity contribution in [2.24, 2.45) is 5.92 Å². The first kappa shape index (κ1) is 21.1. The van der Waals surface area contributed by atoms with Crippen molar-refractivity contribution in [2.75, 3.05) is 0 Å². The Labute approximate surface area is 178 Å². The third-order valence-electron chi connectivity index (χ3n) is 4.31. The number of amides is 2. The Balaban J connectivity index is 1.60. The molecule has 0 spiro atoms. The monoisotopic (exact) mass is 431 g/mol. The van der Waals surface area contributed by atoms with Crippen LogP contribution in [-0.2, 0) is 11.3 Å². The smallest absolute Gasteiger partial charge is 0.251 e. The van der Waals surface area contributed by atoms with Gasteiger partial charge in [-0.1, -0.05) is 25.4 Å². The van der Waals surface area contributed by atoms with Gasteiger partial charge in [-0.05, 0) is 49.2 Å². The van der Waals surface area contributed by atoms with E-state index in [1.165, 1.54) is 0 Å². The van der Waals surface area contributed by atoms with E-state index >= 15 is 0 Å². The lowest BCUT2D eigenvalue weighted by Crippen LogP contribution is -2.49. The summed E-state index contributed by atoms with van der Waals surface area (Å²) in [6, 6.07) is 9.49. The molecule has 1 aromatic carbocycles. The van der Waals surface area contributed by atoms with Crippen LogP contribution in [0.2, 0.25) is 5.02 Å². The second kappa shape index (κ2) is 9.24. The Morgan fingerprint density at radius 2 is 1.90 bits per heavy atom. The zero-order valence-electron chi connectivity index (χ0n) is 16.4. The van der Waals surface area contributed by atoms with E-state index in [9.17, 15) is 9.59 Å². The number of nitrogens with one attached hydrogen (secondary N) is 2. The molecule has 0 fully saturated rings. The van der Waals surface area contributed by atoms with Crippen molar-refractivity contribution >= 4 is 34.8 Å². The molecule has 0 unspecified atom stereocenters. The SMILES string of the molecule is Cc1nc(-c2ccc(CNC(=O)[C@@H](NC(=O)c3ccc(Cl)cc3)C(C)C)o2)cs1. The molecule has 0 aliphatic carbocycles. The van der Waals surface area contributed by atoms with Crippen LogP contribution in [-0.4, -0.2) is 22.8 Å². The number of carbonyl (C=O) groups is 2. The first-order valence-electron chi connectivity index (χ1n) is 9.19. The van der Waals surface area contributed by atoms with Crippen molar-refractivity contribution in [3.63, 3.8) is 0 Å². The summed E-state index contributed by atoms with van der Waals surface area (Å²) in [6.45, 7) is 5.91. The molecule has 3 aromatic rings. The molecule has 8 heteroatoms. The number of benzene rings is 1. The van der Waals surface area contributed by atoms with E-state index in [0.717, 1.165) is 10.7 Å². The van der Waals surface area contributed by atoms with E-state index < -0.39 is 6.04 Å². The van der Waals surface area contributed by atoms with E-state index in [1.54, 1.807) is 41.7 Å². The van der Waals surface area contributed by atoms with Crippen molar-refractivity contribution in [3.8, 4) is 11.5 Å². The van der Waals surface area contributed by atoms with Crippen LogP contribution >= 0.6 is 22.9 Å². The Bertz CT molecular complexity index is 995. The minimum atomic E-state index is -0.672. The van der Waals surface area contributed by atoms with E-state index in [2.05, 4.69) is 15.6 Å². The number of aromatic nitrogens is 1. The number of furan rings is 1. The second-order valence-electron chi connectivity index (χ2n) is 6.94. The van der Waals surface area contributed by atoms with Gasteiger partial charge in [-0.25, -0.2) is 4.98 Å². The highest BCUT2D eigenvalue weighted by atomic mass is 35.5. The molecular formula is C21H22ClN3O3S. The Morgan fingerprint density at radius 1 is 1.17 bits per heavy atom. The first-order chi connectivity index (χ1) is 13.8. The topological polar surface area (TPSA) is 84.2 Å². The van der Waals surface area contributed by atoms with Crippen molar-refractivity contribution in [1.82, 2.24) is 15.6 Å². The zero-order valence-corrected chi connectivity index (χ0v) is 17.9. The second-order valence-corrected chi connectivity index (χ2v) is 8.44. The molecule has 0 saturated heterocycles. The van der Waals surface area contributed by atoms with Gasteiger partial charge in [-0.15, -0.1) is 11.3 Å². The van der Waals surface area contributed by atoms with E-state index in [4.69, 9.17) is 16.0 Å². The van der Waals surface area contributed by atoms with Crippen LogP contribution < -0.4 is 10.6 Å². The molecule has 2 aromatic heterocycles. The lowest BCUT2D eigenvalue weighted by molar-refractivity contribution is -0.124. The van der Waals surface area contributed by atoms with Crippen LogP contribution in [0.5, 0.6) is 0 Å². The van der Waals surface area contributed by atoms with Crippen LogP contribution in [0.15, 0.2) is 46.2 Å². The van der Waals surface area contributed by atoms with Crippen LogP contribution in [0.3, 0.4) is 0 Å². The number of hydrogen-bond donors (Lipinski definition) is 2. The van der Waals surface area contributed by atoms with E-state index in [1.807, 2.05) is 32.2 Å². The van der Waals surface area contributed by atoms with Gasteiger partial charge in [0.05, 0.1) is 11.6 Å². The molecule has 6 nitrogen and oxygen atoms in total. The summed E-state index contributed by atoms with van der Waals surface area (Å²) >= 11 is 7.41. The predicted molar refractivity (Wildman–Crippen MR) is 114 cm³/mol. The van der Waals surface area contributed by atoms with Gasteiger partial charge in [0.2, 0.25) is 5.91 Å². The number of aryl methyl sites for hydroxylation is 1. The van der Waals surface area contributed by atoms with Crippen LogP contribution in [0.4, 0.5) is 0 Å². The highest BCUT2D eigenvalue weighted by molar-refractivity contribution is 7.09. The summed E-state index contributed by atoms with van der Waals surface area (Å²) in [4.78, 5) is 29.5. The predicted octanol–water partition coefficient (Wildman–Crippen LogP) is 4.44. The van der Waals surface area contributed by atoms with Gasteiger partial charge in [-0.3, -0.25) is 9.59 Å². The van der Waals surface area contributed by atoms with Gasteiger partial charge in [0, 0.05) is 16.0 Å². The van der Waals surface area contributed by atoms with Crippen molar-refractivity contribution < 1.29 is 14.0 Å². The van der Waals surface area contributed by atoms with E-state index in [0.29, 0.717) is 22.1 Å². The van der Waals surface area contributed by atoms with E-state index in [-0.39, 0.29) is 24.3 Å². The average Bonchev–Trinajstić information content (AvgIpc) is 3.33. The maximum atomic E-state index is 12.7. The number of rotatable bonds is 7. The molecule has 3 rings (SSSR count). The fraction of sp³-hybridized carbons (Fsp3) is 0.286. The summed E-state index contributed by atoms with van der Waals surface area (Å²) in [5.41, 5.74) is 1.22. The highest BCUT2D eigenvalue weighted by Crippen LogP contribution is 2.23. The van der Waals surface area contributed by atoms with Gasteiger partial charge >= 0.3 is 0 Å². The lowest BCUT2D eigenvalue weighted by Gasteiger charge is -2.21. The van der Waals surface area contributed by atoms with Gasteiger partial charge < -0.3 is 15.1 Å². The molecule has 1 atom stereocenters. The molecule has 152 valence electrons. The van der Waals surface area contributed by atoms with Gasteiger partial charge in [0.1, 0.15) is 17.5 Å². The Morgan fingerprint density at radius 3 is 2.52 bits per heavy atom. The largest absolute Gasteiger partial charge is 0.458 e. The molecule has 2 amide bonds. The molecule has 29 heavy (non-hydrogen) atoms. The van der Waals surface area contributed by atoms with Crippen molar-refractivity contribution in [2.45, 2.75) is 33.4 Å². The third kappa shape index (κ3) is 5.46. The number of hydrogen-bond acceptors (Lipinski definition) is 5. The Hall–Kier alpha value is -2.64. The molecular weight excluding hydrogens is 410 g/mol. The molecule has 0 aliphatic rings. The summed E-state index contributed by atoms with van der Waals surface area (Å²) in [5, 5.41) is 9.05. The van der Waals surface area contributed by atoms with Gasteiger partial charge in [0.25, 0.3) is 5.91 Å². The van der Waals surface area contributed by atoms with Gasteiger partial charge in [-0.2, -0.15) is 0 Å². The van der Waals surface area contributed by atoms with Crippen molar-refractivity contribution in [3.05, 3.63) is 63.1 Å². The molecule has 2 N–H and O–H groups in total. The summed E-state index contributed by atoms with van der Waals surface area (Å²) in [5.74, 6) is 0.594. The average molecular weight is 432 g/mol. The third-order valence-corrected chi connectivity index (χ3v) is 5.34. The number of nitrogens with zero attached hydrogens (tertiary/aromatic N) is 1. The highest BCUT2D eigenvalue weighted by Gasteiger charge is 2.24. The molecule has 0 radical (unpaired) electrons.